The first-order valence-electron chi connectivity index (χ1n) is 7.90. The lowest BCUT2D eigenvalue weighted by Crippen LogP contribution is -2.23. The lowest BCUT2D eigenvalue weighted by Gasteiger charge is -2.08. The van der Waals surface area contributed by atoms with Gasteiger partial charge < -0.3 is 19.2 Å². The summed E-state index contributed by atoms with van der Waals surface area (Å²) < 4.78 is 16.7. The molecule has 2 aromatic carbocycles. The predicted octanol–water partition coefficient (Wildman–Crippen LogP) is 4.29. The minimum absolute atomic E-state index is 0. The third-order valence-corrected chi connectivity index (χ3v) is 3.48. The lowest BCUT2D eigenvalue weighted by atomic mass is 10.2. The van der Waals surface area contributed by atoms with E-state index >= 15 is 0 Å². The highest BCUT2D eigenvalue weighted by Gasteiger charge is 1.99. The Morgan fingerprint density at radius 1 is 0.833 bits per heavy atom. The molecule has 0 atom stereocenters. The summed E-state index contributed by atoms with van der Waals surface area (Å²) in [5.74, 6) is 1.79. The van der Waals surface area contributed by atoms with Crippen LogP contribution >= 0.6 is 12.4 Å². The molecule has 0 saturated carbocycles. The SMILES string of the molecule is Cl.c1ccc(OCCCNCCOc2ccc3occc3c2)cc1. The van der Waals surface area contributed by atoms with Gasteiger partial charge in [0.05, 0.1) is 12.9 Å². The molecule has 0 radical (unpaired) electrons. The number of ether oxygens (including phenoxy) is 2. The maximum atomic E-state index is 5.72. The van der Waals surface area contributed by atoms with Crippen molar-refractivity contribution in [1.29, 1.82) is 0 Å². The van der Waals surface area contributed by atoms with Gasteiger partial charge in [0.2, 0.25) is 0 Å². The molecule has 24 heavy (non-hydrogen) atoms. The quantitative estimate of drug-likeness (QED) is 0.586. The highest BCUT2D eigenvalue weighted by atomic mass is 35.5. The Hall–Kier alpha value is -2.17. The van der Waals surface area contributed by atoms with Crippen LogP contribution in [0.1, 0.15) is 6.42 Å². The number of rotatable bonds is 9. The third kappa shape index (κ3) is 5.48. The first kappa shape index (κ1) is 18.2. The standard InChI is InChI=1S/C19H21NO3.ClH/c1-2-5-17(6-3-1)21-12-4-10-20-11-14-22-18-7-8-19-16(15-18)9-13-23-19;/h1-3,5-9,13,15,20H,4,10-12,14H2;1H. The Labute approximate surface area is 148 Å². The molecule has 0 aliphatic rings. The Balaban J connectivity index is 0.00000208. The smallest absolute Gasteiger partial charge is 0.134 e. The molecular formula is C19H22ClNO3. The first-order valence-corrected chi connectivity index (χ1v) is 7.90. The van der Waals surface area contributed by atoms with Crippen molar-refractivity contribution in [2.24, 2.45) is 0 Å². The van der Waals surface area contributed by atoms with E-state index in [0.717, 1.165) is 48.6 Å². The van der Waals surface area contributed by atoms with Crippen molar-refractivity contribution in [3.63, 3.8) is 0 Å². The molecule has 0 bridgehead atoms. The second kappa shape index (κ2) is 9.85. The average molecular weight is 348 g/mol. The number of nitrogens with one attached hydrogen (secondary N) is 1. The van der Waals surface area contributed by atoms with Crippen molar-refractivity contribution >= 4 is 23.4 Å². The van der Waals surface area contributed by atoms with Crippen molar-refractivity contribution in [2.75, 3.05) is 26.3 Å². The van der Waals surface area contributed by atoms with Crippen molar-refractivity contribution in [3.8, 4) is 11.5 Å². The van der Waals surface area contributed by atoms with Gasteiger partial charge >= 0.3 is 0 Å². The van der Waals surface area contributed by atoms with E-state index < -0.39 is 0 Å². The van der Waals surface area contributed by atoms with Gasteiger partial charge in [-0.15, -0.1) is 12.4 Å². The maximum absolute atomic E-state index is 5.72. The van der Waals surface area contributed by atoms with Gasteiger partial charge in [-0.05, 0) is 49.4 Å². The monoisotopic (exact) mass is 347 g/mol. The van der Waals surface area contributed by atoms with E-state index in [1.165, 1.54) is 0 Å². The van der Waals surface area contributed by atoms with E-state index in [0.29, 0.717) is 6.61 Å². The zero-order valence-corrected chi connectivity index (χ0v) is 14.3. The number of halogens is 1. The summed E-state index contributed by atoms with van der Waals surface area (Å²) in [7, 11) is 0. The maximum Gasteiger partial charge on any atom is 0.134 e. The molecule has 5 heteroatoms. The van der Waals surface area contributed by atoms with Crippen LogP contribution in [0.15, 0.2) is 65.3 Å². The van der Waals surface area contributed by atoms with E-state index in [1.54, 1.807) is 6.26 Å². The second-order valence-electron chi connectivity index (χ2n) is 5.23. The first-order chi connectivity index (χ1) is 11.4. The molecular weight excluding hydrogens is 326 g/mol. The molecule has 0 aliphatic heterocycles. The molecule has 4 nitrogen and oxygen atoms in total. The van der Waals surface area contributed by atoms with Gasteiger partial charge in [0, 0.05) is 11.9 Å². The van der Waals surface area contributed by atoms with Crippen molar-refractivity contribution in [3.05, 3.63) is 60.9 Å². The number of fused-ring (bicyclic) bond motifs is 1. The average Bonchev–Trinajstić information content (AvgIpc) is 3.06. The molecule has 3 rings (SSSR count). The molecule has 3 aromatic rings. The van der Waals surface area contributed by atoms with E-state index in [-0.39, 0.29) is 12.4 Å². The van der Waals surface area contributed by atoms with Gasteiger partial charge in [-0.3, -0.25) is 0 Å². The summed E-state index contributed by atoms with van der Waals surface area (Å²) >= 11 is 0. The van der Waals surface area contributed by atoms with Crippen LogP contribution in [0.4, 0.5) is 0 Å². The van der Waals surface area contributed by atoms with E-state index in [9.17, 15) is 0 Å². The zero-order chi connectivity index (χ0) is 15.7. The van der Waals surface area contributed by atoms with Gasteiger partial charge in [0.25, 0.3) is 0 Å². The topological polar surface area (TPSA) is 43.6 Å². The van der Waals surface area contributed by atoms with E-state index in [2.05, 4.69) is 5.32 Å². The molecule has 0 amide bonds. The van der Waals surface area contributed by atoms with Crippen molar-refractivity contribution in [2.45, 2.75) is 6.42 Å². The molecule has 128 valence electrons. The van der Waals surface area contributed by atoms with Crippen LogP contribution < -0.4 is 14.8 Å². The van der Waals surface area contributed by atoms with Gasteiger partial charge in [-0.2, -0.15) is 0 Å². The molecule has 1 heterocycles. The van der Waals surface area contributed by atoms with E-state index in [1.807, 2.05) is 54.6 Å². The molecule has 0 saturated heterocycles. The van der Waals surface area contributed by atoms with Crippen LogP contribution in [0.25, 0.3) is 11.0 Å². The third-order valence-electron chi connectivity index (χ3n) is 3.48. The fraction of sp³-hybridized carbons (Fsp3) is 0.263. The highest BCUT2D eigenvalue weighted by molar-refractivity contribution is 5.85. The fourth-order valence-corrected chi connectivity index (χ4v) is 2.30. The highest BCUT2D eigenvalue weighted by Crippen LogP contribution is 2.21. The Bertz CT molecular complexity index is 715. The van der Waals surface area contributed by atoms with Gasteiger partial charge in [0.15, 0.2) is 0 Å². The lowest BCUT2D eigenvalue weighted by molar-refractivity contribution is 0.294. The van der Waals surface area contributed by atoms with Crippen molar-refractivity contribution in [1.82, 2.24) is 5.32 Å². The zero-order valence-electron chi connectivity index (χ0n) is 13.4. The Kier molecular flexibility index (Phi) is 7.46. The summed E-state index contributed by atoms with van der Waals surface area (Å²) in [5.41, 5.74) is 0.883. The van der Waals surface area contributed by atoms with Crippen LogP contribution in [0, 0.1) is 0 Å². The molecule has 0 aliphatic carbocycles. The molecule has 1 N–H and O–H groups in total. The normalized spacial score (nSPS) is 10.3. The van der Waals surface area contributed by atoms with Crippen LogP contribution in [0.2, 0.25) is 0 Å². The Morgan fingerprint density at radius 2 is 1.67 bits per heavy atom. The number of para-hydroxylation sites is 1. The number of hydrogen-bond donors (Lipinski definition) is 1. The molecule has 0 unspecified atom stereocenters. The van der Waals surface area contributed by atoms with Crippen LogP contribution in [-0.2, 0) is 0 Å². The number of benzene rings is 2. The molecule has 0 fully saturated rings. The summed E-state index contributed by atoms with van der Waals surface area (Å²) in [4.78, 5) is 0. The van der Waals surface area contributed by atoms with E-state index in [4.69, 9.17) is 13.9 Å². The predicted molar refractivity (Wildman–Crippen MR) is 98.4 cm³/mol. The van der Waals surface area contributed by atoms with Crippen LogP contribution in [-0.4, -0.2) is 26.3 Å². The van der Waals surface area contributed by atoms with Gasteiger partial charge in [0.1, 0.15) is 23.7 Å². The summed E-state index contributed by atoms with van der Waals surface area (Å²) in [6, 6.07) is 17.7. The largest absolute Gasteiger partial charge is 0.494 e. The van der Waals surface area contributed by atoms with Crippen LogP contribution in [0.3, 0.4) is 0 Å². The number of furan rings is 1. The summed E-state index contributed by atoms with van der Waals surface area (Å²) in [5, 5.41) is 4.41. The van der Waals surface area contributed by atoms with Crippen LogP contribution in [0.5, 0.6) is 11.5 Å². The minimum atomic E-state index is 0. The summed E-state index contributed by atoms with van der Waals surface area (Å²) in [6.07, 6.45) is 2.66. The number of hydrogen-bond acceptors (Lipinski definition) is 4. The molecule has 0 spiro atoms. The van der Waals surface area contributed by atoms with Gasteiger partial charge in [-0.1, -0.05) is 18.2 Å². The fourth-order valence-electron chi connectivity index (χ4n) is 2.30. The van der Waals surface area contributed by atoms with Crippen molar-refractivity contribution < 1.29 is 13.9 Å². The van der Waals surface area contributed by atoms with Gasteiger partial charge in [-0.25, -0.2) is 0 Å². The minimum Gasteiger partial charge on any atom is -0.494 e. The summed E-state index contributed by atoms with van der Waals surface area (Å²) in [6.45, 7) is 3.09. The second-order valence-corrected chi connectivity index (χ2v) is 5.23. The Morgan fingerprint density at radius 3 is 2.54 bits per heavy atom. The molecule has 1 aromatic heterocycles.